The standard InChI is InChI=1S/C15H13FN2O/c16-12-5-6-14(17)13(7-12)15(19)18-8-10-3-1-2-4-11(10)9-18/h1-7H,8-9,17H2. The van der Waals surface area contributed by atoms with E-state index in [2.05, 4.69) is 0 Å². The van der Waals surface area contributed by atoms with Gasteiger partial charge in [0.2, 0.25) is 0 Å². The summed E-state index contributed by atoms with van der Waals surface area (Å²) in [5.74, 6) is -0.678. The second-order valence-electron chi connectivity index (χ2n) is 4.66. The number of amides is 1. The van der Waals surface area contributed by atoms with Crippen molar-refractivity contribution in [3.8, 4) is 0 Å². The third-order valence-electron chi connectivity index (χ3n) is 3.37. The van der Waals surface area contributed by atoms with Gasteiger partial charge in [0.25, 0.3) is 5.91 Å². The zero-order valence-corrected chi connectivity index (χ0v) is 10.3. The van der Waals surface area contributed by atoms with Gasteiger partial charge in [-0.1, -0.05) is 24.3 Å². The molecule has 0 aliphatic carbocycles. The van der Waals surface area contributed by atoms with Gasteiger partial charge in [-0.15, -0.1) is 0 Å². The van der Waals surface area contributed by atoms with Gasteiger partial charge < -0.3 is 10.6 Å². The topological polar surface area (TPSA) is 46.3 Å². The SMILES string of the molecule is Nc1ccc(F)cc1C(=O)N1Cc2ccccc2C1. The van der Waals surface area contributed by atoms with Crippen molar-refractivity contribution < 1.29 is 9.18 Å². The molecule has 0 bridgehead atoms. The number of hydrogen-bond acceptors (Lipinski definition) is 2. The van der Waals surface area contributed by atoms with Gasteiger partial charge in [-0.2, -0.15) is 0 Å². The quantitative estimate of drug-likeness (QED) is 0.797. The highest BCUT2D eigenvalue weighted by Crippen LogP contribution is 2.25. The number of halogens is 1. The predicted octanol–water partition coefficient (Wildman–Crippen LogP) is 2.56. The molecule has 0 radical (unpaired) electrons. The summed E-state index contributed by atoms with van der Waals surface area (Å²) in [5, 5.41) is 0. The Hall–Kier alpha value is -2.36. The van der Waals surface area contributed by atoms with Gasteiger partial charge >= 0.3 is 0 Å². The Morgan fingerprint density at radius 3 is 2.37 bits per heavy atom. The van der Waals surface area contributed by atoms with Crippen molar-refractivity contribution in [1.82, 2.24) is 4.90 Å². The second-order valence-corrected chi connectivity index (χ2v) is 4.66. The van der Waals surface area contributed by atoms with E-state index in [1.165, 1.54) is 18.2 Å². The van der Waals surface area contributed by atoms with Crippen LogP contribution in [0.1, 0.15) is 21.5 Å². The smallest absolute Gasteiger partial charge is 0.256 e. The van der Waals surface area contributed by atoms with E-state index < -0.39 is 5.82 Å². The first-order chi connectivity index (χ1) is 9.15. The summed E-state index contributed by atoms with van der Waals surface area (Å²) in [6.45, 7) is 1.09. The first-order valence-corrected chi connectivity index (χ1v) is 6.06. The first kappa shape index (κ1) is 11.7. The minimum absolute atomic E-state index is 0.229. The van der Waals surface area contributed by atoms with E-state index >= 15 is 0 Å². The lowest BCUT2D eigenvalue weighted by Gasteiger charge is -2.16. The molecule has 0 saturated heterocycles. The van der Waals surface area contributed by atoms with Crippen molar-refractivity contribution >= 4 is 11.6 Å². The number of benzene rings is 2. The van der Waals surface area contributed by atoms with E-state index in [-0.39, 0.29) is 11.5 Å². The molecular formula is C15H13FN2O. The van der Waals surface area contributed by atoms with Crippen LogP contribution >= 0.6 is 0 Å². The zero-order chi connectivity index (χ0) is 13.4. The van der Waals surface area contributed by atoms with E-state index in [0.717, 1.165) is 11.1 Å². The number of nitrogens with two attached hydrogens (primary N) is 1. The van der Waals surface area contributed by atoms with Gasteiger partial charge in [0.05, 0.1) is 5.56 Å². The van der Waals surface area contributed by atoms with Crippen LogP contribution in [0.25, 0.3) is 0 Å². The van der Waals surface area contributed by atoms with Gasteiger partial charge in [-0.05, 0) is 29.3 Å². The van der Waals surface area contributed by atoms with Crippen LogP contribution in [-0.2, 0) is 13.1 Å². The lowest BCUT2D eigenvalue weighted by molar-refractivity contribution is 0.0752. The number of carbonyl (C=O) groups is 1. The molecule has 1 aliphatic heterocycles. The van der Waals surface area contributed by atoms with Crippen molar-refractivity contribution in [2.75, 3.05) is 5.73 Å². The van der Waals surface area contributed by atoms with Crippen LogP contribution < -0.4 is 5.73 Å². The van der Waals surface area contributed by atoms with Crippen LogP contribution in [0.15, 0.2) is 42.5 Å². The minimum Gasteiger partial charge on any atom is -0.398 e. The van der Waals surface area contributed by atoms with Gasteiger partial charge in [-0.25, -0.2) is 4.39 Å². The fourth-order valence-corrected chi connectivity index (χ4v) is 2.36. The van der Waals surface area contributed by atoms with Gasteiger partial charge in [0.1, 0.15) is 5.82 Å². The number of carbonyl (C=O) groups excluding carboxylic acids is 1. The molecule has 0 unspecified atom stereocenters. The molecule has 0 saturated carbocycles. The minimum atomic E-state index is -0.450. The molecule has 2 N–H and O–H groups in total. The highest BCUT2D eigenvalue weighted by Gasteiger charge is 2.25. The lowest BCUT2D eigenvalue weighted by atomic mass is 10.1. The Kier molecular flexibility index (Phi) is 2.71. The zero-order valence-electron chi connectivity index (χ0n) is 10.3. The summed E-state index contributed by atoms with van der Waals surface area (Å²) in [5.41, 5.74) is 8.55. The highest BCUT2D eigenvalue weighted by atomic mass is 19.1. The van der Waals surface area contributed by atoms with Gasteiger partial charge in [0, 0.05) is 18.8 Å². The Labute approximate surface area is 110 Å². The summed E-state index contributed by atoms with van der Waals surface area (Å²) >= 11 is 0. The Morgan fingerprint density at radius 2 is 1.74 bits per heavy atom. The number of hydrogen-bond donors (Lipinski definition) is 1. The Morgan fingerprint density at radius 1 is 1.11 bits per heavy atom. The fourth-order valence-electron chi connectivity index (χ4n) is 2.36. The number of fused-ring (bicyclic) bond motifs is 1. The predicted molar refractivity (Wildman–Crippen MR) is 70.8 cm³/mol. The van der Waals surface area contributed by atoms with Crippen molar-refractivity contribution in [2.45, 2.75) is 13.1 Å². The lowest BCUT2D eigenvalue weighted by Crippen LogP contribution is -2.26. The normalized spacial score (nSPS) is 13.4. The van der Waals surface area contributed by atoms with E-state index in [0.29, 0.717) is 18.8 Å². The van der Waals surface area contributed by atoms with Gasteiger partial charge in [0.15, 0.2) is 0 Å². The molecule has 3 rings (SSSR count). The van der Waals surface area contributed by atoms with Crippen LogP contribution in [-0.4, -0.2) is 10.8 Å². The van der Waals surface area contributed by atoms with E-state index in [1.807, 2.05) is 24.3 Å². The molecule has 2 aromatic carbocycles. The molecule has 0 spiro atoms. The van der Waals surface area contributed by atoms with Gasteiger partial charge in [-0.3, -0.25) is 4.79 Å². The average Bonchev–Trinajstić information content (AvgIpc) is 2.84. The Balaban J connectivity index is 1.89. The van der Waals surface area contributed by atoms with Crippen LogP contribution in [0.4, 0.5) is 10.1 Å². The molecule has 96 valence electrons. The number of rotatable bonds is 1. The summed E-state index contributed by atoms with van der Waals surface area (Å²) in [4.78, 5) is 14.0. The number of nitrogen functional groups attached to an aromatic ring is 1. The molecule has 0 fully saturated rings. The Bertz CT molecular complexity index is 629. The maximum atomic E-state index is 13.2. The van der Waals surface area contributed by atoms with Crippen molar-refractivity contribution in [2.24, 2.45) is 0 Å². The van der Waals surface area contributed by atoms with E-state index in [9.17, 15) is 9.18 Å². The molecule has 1 aliphatic rings. The maximum absolute atomic E-state index is 13.2. The summed E-state index contributed by atoms with van der Waals surface area (Å²) < 4.78 is 13.2. The monoisotopic (exact) mass is 256 g/mol. The largest absolute Gasteiger partial charge is 0.398 e. The first-order valence-electron chi connectivity index (χ1n) is 6.06. The van der Waals surface area contributed by atoms with Crippen molar-refractivity contribution in [3.05, 3.63) is 65.0 Å². The highest BCUT2D eigenvalue weighted by molar-refractivity contribution is 5.99. The molecule has 2 aromatic rings. The number of nitrogens with zero attached hydrogens (tertiary/aromatic N) is 1. The van der Waals surface area contributed by atoms with Crippen molar-refractivity contribution in [1.29, 1.82) is 0 Å². The molecule has 0 atom stereocenters. The third-order valence-corrected chi connectivity index (χ3v) is 3.37. The summed E-state index contributed by atoms with van der Waals surface area (Å²) in [6.07, 6.45) is 0. The second kappa shape index (κ2) is 4.39. The van der Waals surface area contributed by atoms with Crippen LogP contribution in [0.3, 0.4) is 0 Å². The summed E-state index contributed by atoms with van der Waals surface area (Å²) in [6, 6.07) is 11.8. The van der Waals surface area contributed by atoms with E-state index in [1.54, 1.807) is 4.90 Å². The fraction of sp³-hybridized carbons (Fsp3) is 0.133. The van der Waals surface area contributed by atoms with Crippen LogP contribution in [0.5, 0.6) is 0 Å². The maximum Gasteiger partial charge on any atom is 0.256 e. The molecule has 3 nitrogen and oxygen atoms in total. The third kappa shape index (κ3) is 2.05. The van der Waals surface area contributed by atoms with Crippen molar-refractivity contribution in [3.63, 3.8) is 0 Å². The molecule has 1 amide bonds. The molecular weight excluding hydrogens is 243 g/mol. The van der Waals surface area contributed by atoms with Crippen LogP contribution in [0.2, 0.25) is 0 Å². The molecule has 0 aromatic heterocycles. The number of anilines is 1. The molecule has 1 heterocycles. The van der Waals surface area contributed by atoms with Crippen LogP contribution in [0, 0.1) is 5.82 Å². The van der Waals surface area contributed by atoms with E-state index in [4.69, 9.17) is 5.73 Å². The molecule has 19 heavy (non-hydrogen) atoms. The summed E-state index contributed by atoms with van der Waals surface area (Å²) in [7, 11) is 0. The average molecular weight is 256 g/mol. The molecule has 4 heteroatoms.